The number of carbonyl (C=O) groups excluding carboxylic acids is 1. The predicted molar refractivity (Wildman–Crippen MR) is 40.8 cm³/mol. The molecule has 0 bridgehead atoms. The number of aliphatic carboxylic acids is 1. The van der Waals surface area contributed by atoms with Crippen LogP contribution in [0.1, 0.15) is 17.5 Å². The Kier molecular flexibility index (Phi) is 2.63. The summed E-state index contributed by atoms with van der Waals surface area (Å²) in [5.74, 6) is -0.686. The molecule has 1 rings (SSSR count). The van der Waals surface area contributed by atoms with Crippen LogP contribution in [-0.2, 0) is 9.59 Å². The van der Waals surface area contributed by atoms with Gasteiger partial charge < -0.3 is 14.9 Å². The third kappa shape index (κ3) is 2.05. The Hall–Kier alpha value is -1.85. The van der Waals surface area contributed by atoms with Crippen molar-refractivity contribution >= 4 is 12.4 Å². The van der Waals surface area contributed by atoms with E-state index in [0.717, 1.165) is 0 Å². The van der Waals surface area contributed by atoms with Gasteiger partial charge in [-0.15, -0.1) is 0 Å². The van der Waals surface area contributed by atoms with E-state index in [9.17, 15) is 9.59 Å². The molecule has 0 aliphatic rings. The molecular weight excluding hydrogens is 176 g/mol. The molecule has 1 aromatic heterocycles. The fourth-order valence-electron chi connectivity index (χ4n) is 0.873. The number of amides is 1. The first-order valence-electron chi connectivity index (χ1n) is 3.51. The Balaban J connectivity index is 2.87. The lowest BCUT2D eigenvalue weighted by Crippen LogP contribution is -2.27. The summed E-state index contributed by atoms with van der Waals surface area (Å²) in [7, 11) is 0. The number of aryl methyl sites for hydroxylation is 1. The lowest BCUT2D eigenvalue weighted by atomic mass is 10.2. The molecule has 1 aromatic rings. The summed E-state index contributed by atoms with van der Waals surface area (Å²) in [5, 5.41) is 14.3. The summed E-state index contributed by atoms with van der Waals surface area (Å²) < 4.78 is 4.67. The average Bonchev–Trinajstić information content (AvgIpc) is 2.46. The molecule has 0 aliphatic heterocycles. The third-order valence-corrected chi connectivity index (χ3v) is 1.42. The van der Waals surface area contributed by atoms with Gasteiger partial charge in [0.1, 0.15) is 11.5 Å². The third-order valence-electron chi connectivity index (χ3n) is 1.42. The summed E-state index contributed by atoms with van der Waals surface area (Å²) in [6.45, 7) is 1.64. The van der Waals surface area contributed by atoms with Crippen LogP contribution in [0.3, 0.4) is 0 Å². The molecule has 0 fully saturated rings. The Morgan fingerprint density at radius 1 is 1.85 bits per heavy atom. The van der Waals surface area contributed by atoms with Crippen LogP contribution in [0.4, 0.5) is 0 Å². The second-order valence-corrected chi connectivity index (χ2v) is 2.42. The number of aromatic nitrogens is 1. The van der Waals surface area contributed by atoms with E-state index in [0.29, 0.717) is 12.2 Å². The van der Waals surface area contributed by atoms with Gasteiger partial charge in [-0.3, -0.25) is 4.79 Å². The molecule has 0 saturated carbocycles. The summed E-state index contributed by atoms with van der Waals surface area (Å²) in [6.07, 6.45) is 0.308. The number of nitrogens with zero attached hydrogens (tertiary/aromatic N) is 1. The first-order valence-corrected chi connectivity index (χ1v) is 3.51. The van der Waals surface area contributed by atoms with Gasteiger partial charge in [-0.05, 0) is 6.92 Å². The fourth-order valence-corrected chi connectivity index (χ4v) is 0.873. The van der Waals surface area contributed by atoms with E-state index >= 15 is 0 Å². The first kappa shape index (κ1) is 9.24. The molecule has 1 atom stereocenters. The zero-order valence-electron chi connectivity index (χ0n) is 6.85. The molecule has 1 unspecified atom stereocenters. The number of hydrogen-bond donors (Lipinski definition) is 2. The average molecular weight is 184 g/mol. The highest BCUT2D eigenvalue weighted by Crippen LogP contribution is 2.11. The maximum atomic E-state index is 10.6. The van der Waals surface area contributed by atoms with E-state index in [1.54, 1.807) is 6.92 Å². The van der Waals surface area contributed by atoms with Crippen LogP contribution in [0.25, 0.3) is 0 Å². The molecule has 2 N–H and O–H groups in total. The molecule has 0 saturated heterocycles. The van der Waals surface area contributed by atoms with Gasteiger partial charge in [-0.25, -0.2) is 4.79 Å². The highest BCUT2D eigenvalue weighted by Gasteiger charge is 2.22. The molecule has 13 heavy (non-hydrogen) atoms. The lowest BCUT2D eigenvalue weighted by Gasteiger charge is -2.05. The molecule has 0 aliphatic carbocycles. The molecule has 0 aromatic carbocycles. The summed E-state index contributed by atoms with van der Waals surface area (Å²) in [6, 6.07) is 0.310. The van der Waals surface area contributed by atoms with E-state index < -0.39 is 12.0 Å². The van der Waals surface area contributed by atoms with Crippen LogP contribution < -0.4 is 5.32 Å². The molecule has 6 nitrogen and oxygen atoms in total. The van der Waals surface area contributed by atoms with Gasteiger partial charge in [-0.1, -0.05) is 5.16 Å². The molecule has 0 radical (unpaired) electrons. The molecule has 1 amide bonds. The van der Waals surface area contributed by atoms with Crippen molar-refractivity contribution in [2.24, 2.45) is 0 Å². The molecular formula is C7H8N2O4. The lowest BCUT2D eigenvalue weighted by molar-refractivity contribution is -0.140. The molecule has 1 heterocycles. The number of nitrogens with one attached hydrogen (secondary N) is 1. The zero-order chi connectivity index (χ0) is 9.84. The number of rotatable bonds is 4. The van der Waals surface area contributed by atoms with Crippen LogP contribution >= 0.6 is 0 Å². The highest BCUT2D eigenvalue weighted by atomic mass is 16.5. The maximum Gasteiger partial charge on any atom is 0.332 e. The molecule has 0 spiro atoms. The van der Waals surface area contributed by atoms with Gasteiger partial charge in [0.05, 0.1) is 0 Å². The second-order valence-electron chi connectivity index (χ2n) is 2.42. The summed E-state index contributed by atoms with van der Waals surface area (Å²) in [5.41, 5.74) is 0.178. The Morgan fingerprint density at radius 3 is 2.92 bits per heavy atom. The van der Waals surface area contributed by atoms with Gasteiger partial charge in [0, 0.05) is 6.07 Å². The first-order chi connectivity index (χ1) is 6.15. The molecule has 6 heteroatoms. The van der Waals surface area contributed by atoms with Crippen LogP contribution in [0.2, 0.25) is 0 Å². The van der Waals surface area contributed by atoms with Gasteiger partial charge in [0.2, 0.25) is 6.41 Å². The van der Waals surface area contributed by atoms with Crippen molar-refractivity contribution in [3.8, 4) is 0 Å². The van der Waals surface area contributed by atoms with Crippen molar-refractivity contribution in [1.82, 2.24) is 10.5 Å². The minimum absolute atomic E-state index is 0.178. The number of carbonyl (C=O) groups is 2. The van der Waals surface area contributed by atoms with Gasteiger partial charge >= 0.3 is 5.97 Å². The van der Waals surface area contributed by atoms with Crippen LogP contribution in [-0.4, -0.2) is 22.6 Å². The Labute approximate surface area is 73.5 Å². The van der Waals surface area contributed by atoms with E-state index in [-0.39, 0.29) is 5.69 Å². The van der Waals surface area contributed by atoms with Crippen molar-refractivity contribution in [3.05, 3.63) is 17.5 Å². The van der Waals surface area contributed by atoms with Gasteiger partial charge in [0.15, 0.2) is 6.04 Å². The smallest absolute Gasteiger partial charge is 0.332 e. The largest absolute Gasteiger partial charge is 0.479 e. The van der Waals surface area contributed by atoms with E-state index in [1.807, 2.05) is 0 Å². The zero-order valence-corrected chi connectivity index (χ0v) is 6.85. The monoisotopic (exact) mass is 184 g/mol. The topological polar surface area (TPSA) is 92.4 Å². The number of carboxylic acid groups (broad SMARTS) is 1. The van der Waals surface area contributed by atoms with Crippen LogP contribution in [0.15, 0.2) is 10.6 Å². The van der Waals surface area contributed by atoms with E-state index in [2.05, 4.69) is 15.0 Å². The van der Waals surface area contributed by atoms with Crippen LogP contribution in [0.5, 0.6) is 0 Å². The summed E-state index contributed by atoms with van der Waals surface area (Å²) in [4.78, 5) is 20.7. The van der Waals surface area contributed by atoms with E-state index in [1.165, 1.54) is 6.07 Å². The Bertz CT molecular complexity index is 320. The van der Waals surface area contributed by atoms with Gasteiger partial charge in [0.25, 0.3) is 0 Å². The van der Waals surface area contributed by atoms with Crippen molar-refractivity contribution < 1.29 is 19.2 Å². The predicted octanol–water partition coefficient (Wildman–Crippen LogP) is -0.145. The number of carboxylic acids is 1. The van der Waals surface area contributed by atoms with Crippen molar-refractivity contribution in [1.29, 1.82) is 0 Å². The minimum atomic E-state index is -1.18. The minimum Gasteiger partial charge on any atom is -0.479 e. The van der Waals surface area contributed by atoms with Gasteiger partial charge in [-0.2, -0.15) is 0 Å². The fraction of sp³-hybridized carbons (Fsp3) is 0.286. The Morgan fingerprint density at radius 2 is 2.54 bits per heavy atom. The van der Waals surface area contributed by atoms with Crippen LogP contribution in [0, 0.1) is 6.92 Å². The second kappa shape index (κ2) is 3.70. The van der Waals surface area contributed by atoms with Crippen molar-refractivity contribution in [3.63, 3.8) is 0 Å². The van der Waals surface area contributed by atoms with E-state index in [4.69, 9.17) is 5.11 Å². The maximum absolute atomic E-state index is 10.6. The normalized spacial score (nSPS) is 12.1. The number of hydrogen-bond acceptors (Lipinski definition) is 4. The standard InChI is InChI=1S/C7H8N2O4/c1-4-2-5(9-13-4)6(7(11)12)8-3-10/h2-3,6H,1H3,(H,8,10)(H,11,12). The highest BCUT2D eigenvalue weighted by molar-refractivity contribution is 5.77. The summed E-state index contributed by atoms with van der Waals surface area (Å²) >= 11 is 0. The molecule has 70 valence electrons. The quantitative estimate of drug-likeness (QED) is 0.635. The van der Waals surface area contributed by atoms with Crippen molar-refractivity contribution in [2.75, 3.05) is 0 Å². The van der Waals surface area contributed by atoms with Crippen molar-refractivity contribution in [2.45, 2.75) is 13.0 Å². The SMILES string of the molecule is Cc1cc(C(NC=O)C(=O)O)no1.